The van der Waals surface area contributed by atoms with E-state index in [0.29, 0.717) is 29.3 Å². The van der Waals surface area contributed by atoms with Crippen molar-refractivity contribution in [1.82, 2.24) is 0 Å². The summed E-state index contributed by atoms with van der Waals surface area (Å²) in [6.45, 7) is 1.82. The van der Waals surface area contributed by atoms with Gasteiger partial charge in [-0.15, -0.1) is 0 Å². The highest BCUT2D eigenvalue weighted by Gasteiger charge is 2.73. The molecule has 0 aliphatic heterocycles. The summed E-state index contributed by atoms with van der Waals surface area (Å²) in [7, 11) is 0. The quantitative estimate of drug-likeness (QED) is 0.367. The van der Waals surface area contributed by atoms with Crippen molar-refractivity contribution in [1.29, 1.82) is 0 Å². The number of halogens is 7. The summed E-state index contributed by atoms with van der Waals surface area (Å²) in [4.78, 5) is 0. The van der Waals surface area contributed by atoms with Crippen LogP contribution in [0.4, 0.5) is 36.4 Å². The highest BCUT2D eigenvalue weighted by atomic mass is 19.4. The molecule has 0 unspecified atom stereocenters. The van der Waals surface area contributed by atoms with Crippen LogP contribution in [-0.2, 0) is 12.5 Å². The minimum Gasteiger partial charge on any atom is -0.457 e. The maximum Gasteiger partial charge on any atom is 0.460 e. The normalized spacial score (nSPS) is 12.5. The zero-order chi connectivity index (χ0) is 23.6. The molecule has 0 fully saturated rings. The van der Waals surface area contributed by atoms with Crippen molar-refractivity contribution in [2.24, 2.45) is 0 Å². The van der Waals surface area contributed by atoms with Crippen LogP contribution in [0.3, 0.4) is 0 Å². The summed E-state index contributed by atoms with van der Waals surface area (Å²) in [5, 5.41) is 2.91. The fraction of sp³-hybridized carbons (Fsp3) is 0.217. The highest BCUT2D eigenvalue weighted by Crippen LogP contribution is 2.51. The van der Waals surface area contributed by atoms with Crippen molar-refractivity contribution in [3.8, 4) is 11.5 Å². The van der Waals surface area contributed by atoms with E-state index in [1.54, 1.807) is 30.3 Å². The topological polar surface area (TPSA) is 21.3 Å². The minimum atomic E-state index is -6.39. The monoisotopic (exact) mass is 457 g/mol. The standard InChI is InChI=1S/C23H18F7NO/c1-15-5-2-9-19(11-15)32-20-10-4-8-18(13-20)31-14-16-6-3-7-17(12-16)21(24,25)22(26,27)23(28,29)30/h2-13,31H,14H2,1H3. The molecule has 0 atom stereocenters. The Hall–Kier alpha value is -3.23. The van der Waals surface area contributed by atoms with Gasteiger partial charge >= 0.3 is 18.0 Å². The smallest absolute Gasteiger partial charge is 0.457 e. The zero-order valence-electron chi connectivity index (χ0n) is 16.7. The Kier molecular flexibility index (Phi) is 6.39. The predicted octanol–water partition coefficient (Wildman–Crippen LogP) is 7.69. The van der Waals surface area contributed by atoms with E-state index < -0.39 is 23.6 Å². The maximum absolute atomic E-state index is 14.0. The first-order valence-corrected chi connectivity index (χ1v) is 9.40. The van der Waals surface area contributed by atoms with Crippen molar-refractivity contribution < 1.29 is 35.5 Å². The molecule has 0 saturated carbocycles. The van der Waals surface area contributed by atoms with Gasteiger partial charge < -0.3 is 10.1 Å². The second-order valence-corrected chi connectivity index (χ2v) is 7.15. The maximum atomic E-state index is 14.0. The number of nitrogens with one attached hydrogen (secondary N) is 1. The van der Waals surface area contributed by atoms with Crippen molar-refractivity contribution in [3.63, 3.8) is 0 Å². The molecule has 0 aliphatic carbocycles. The van der Waals surface area contributed by atoms with Crippen molar-refractivity contribution >= 4 is 5.69 Å². The summed E-state index contributed by atoms with van der Waals surface area (Å²) in [6.07, 6.45) is -6.39. The number of anilines is 1. The van der Waals surface area contributed by atoms with Gasteiger partial charge in [0.15, 0.2) is 0 Å². The van der Waals surface area contributed by atoms with E-state index in [-0.39, 0.29) is 12.1 Å². The first-order chi connectivity index (χ1) is 14.9. The van der Waals surface area contributed by atoms with E-state index in [2.05, 4.69) is 5.32 Å². The second kappa shape index (κ2) is 8.72. The molecular weight excluding hydrogens is 439 g/mol. The van der Waals surface area contributed by atoms with E-state index in [1.807, 2.05) is 25.1 Å². The van der Waals surface area contributed by atoms with Gasteiger partial charge in [-0.05, 0) is 48.4 Å². The van der Waals surface area contributed by atoms with Crippen LogP contribution < -0.4 is 10.1 Å². The summed E-state index contributed by atoms with van der Waals surface area (Å²) in [6, 6.07) is 17.5. The largest absolute Gasteiger partial charge is 0.460 e. The molecule has 1 N–H and O–H groups in total. The Morgan fingerprint density at radius 2 is 1.38 bits per heavy atom. The lowest BCUT2D eigenvalue weighted by Gasteiger charge is -2.28. The molecule has 3 aromatic rings. The van der Waals surface area contributed by atoms with Crippen LogP contribution in [0.25, 0.3) is 0 Å². The zero-order valence-corrected chi connectivity index (χ0v) is 16.7. The van der Waals surface area contributed by atoms with Crippen LogP contribution in [0.2, 0.25) is 0 Å². The van der Waals surface area contributed by atoms with E-state index in [4.69, 9.17) is 4.74 Å². The van der Waals surface area contributed by atoms with Crippen LogP contribution in [-0.4, -0.2) is 12.1 Å². The molecule has 9 heteroatoms. The summed E-state index contributed by atoms with van der Waals surface area (Å²) in [5.74, 6) is -10.5. The molecular formula is C23H18F7NO. The van der Waals surface area contributed by atoms with Crippen LogP contribution in [0.5, 0.6) is 11.5 Å². The van der Waals surface area contributed by atoms with Crippen molar-refractivity contribution in [3.05, 3.63) is 89.5 Å². The lowest BCUT2D eigenvalue weighted by atomic mass is 9.99. The van der Waals surface area contributed by atoms with Gasteiger partial charge in [0.2, 0.25) is 0 Å². The molecule has 0 saturated heterocycles. The minimum absolute atomic E-state index is 0.0879. The third-order valence-corrected chi connectivity index (χ3v) is 4.60. The second-order valence-electron chi connectivity index (χ2n) is 7.15. The fourth-order valence-electron chi connectivity index (χ4n) is 2.92. The molecule has 0 aliphatic rings. The lowest BCUT2D eigenvalue weighted by Crippen LogP contribution is -2.50. The highest BCUT2D eigenvalue weighted by molar-refractivity contribution is 5.50. The summed E-state index contributed by atoms with van der Waals surface area (Å²) >= 11 is 0. The number of rotatable bonds is 7. The van der Waals surface area contributed by atoms with Gasteiger partial charge in [-0.1, -0.05) is 36.4 Å². The Morgan fingerprint density at radius 3 is 2.03 bits per heavy atom. The SMILES string of the molecule is Cc1cccc(Oc2cccc(NCc3cccc(C(F)(F)C(F)(F)C(F)(F)F)c3)c2)c1. The molecule has 0 bridgehead atoms. The number of hydrogen-bond donors (Lipinski definition) is 1. The average Bonchev–Trinajstić information content (AvgIpc) is 2.72. The van der Waals surface area contributed by atoms with Gasteiger partial charge in [0.1, 0.15) is 11.5 Å². The van der Waals surface area contributed by atoms with Crippen molar-refractivity contribution in [2.75, 3.05) is 5.32 Å². The number of hydrogen-bond acceptors (Lipinski definition) is 2. The van der Waals surface area contributed by atoms with Crippen molar-refractivity contribution in [2.45, 2.75) is 31.5 Å². The molecule has 0 radical (unpaired) electrons. The molecule has 0 heterocycles. The van der Waals surface area contributed by atoms with Gasteiger partial charge in [0, 0.05) is 23.9 Å². The van der Waals surface area contributed by atoms with Gasteiger partial charge in [-0.25, -0.2) is 0 Å². The Morgan fingerprint density at radius 1 is 0.750 bits per heavy atom. The first kappa shape index (κ1) is 23.4. The van der Waals surface area contributed by atoms with Crippen LogP contribution in [0.15, 0.2) is 72.8 Å². The molecule has 3 aromatic carbocycles. The molecule has 0 amide bonds. The van der Waals surface area contributed by atoms with Crippen LogP contribution in [0, 0.1) is 6.92 Å². The molecule has 0 spiro atoms. The molecule has 0 aromatic heterocycles. The van der Waals surface area contributed by atoms with E-state index >= 15 is 0 Å². The van der Waals surface area contributed by atoms with Gasteiger partial charge in [0.25, 0.3) is 0 Å². The number of ether oxygens (including phenoxy) is 1. The Bertz CT molecular complexity index is 1080. The third kappa shape index (κ3) is 4.98. The van der Waals surface area contributed by atoms with Gasteiger partial charge in [-0.2, -0.15) is 30.7 Å². The van der Waals surface area contributed by atoms with E-state index in [0.717, 1.165) is 11.6 Å². The van der Waals surface area contributed by atoms with E-state index in [1.165, 1.54) is 6.07 Å². The molecule has 32 heavy (non-hydrogen) atoms. The predicted molar refractivity (Wildman–Crippen MR) is 106 cm³/mol. The number of benzene rings is 3. The number of alkyl halides is 7. The average molecular weight is 457 g/mol. The Labute approximate surface area is 179 Å². The first-order valence-electron chi connectivity index (χ1n) is 9.40. The van der Waals surface area contributed by atoms with Gasteiger partial charge in [0.05, 0.1) is 0 Å². The summed E-state index contributed by atoms with van der Waals surface area (Å²) < 4.78 is 97.6. The molecule has 170 valence electrons. The fourth-order valence-corrected chi connectivity index (χ4v) is 2.92. The Balaban J connectivity index is 1.73. The van der Waals surface area contributed by atoms with E-state index in [9.17, 15) is 30.7 Å². The van der Waals surface area contributed by atoms with Crippen LogP contribution >= 0.6 is 0 Å². The number of aryl methyl sites for hydroxylation is 1. The molecule has 3 rings (SSSR count). The summed E-state index contributed by atoms with van der Waals surface area (Å²) in [5.41, 5.74) is 0.221. The molecule has 2 nitrogen and oxygen atoms in total. The van der Waals surface area contributed by atoms with Crippen LogP contribution in [0.1, 0.15) is 16.7 Å². The van der Waals surface area contributed by atoms with Gasteiger partial charge in [-0.3, -0.25) is 0 Å². The lowest BCUT2D eigenvalue weighted by molar-refractivity contribution is -0.359. The third-order valence-electron chi connectivity index (χ3n) is 4.60.